The lowest BCUT2D eigenvalue weighted by Gasteiger charge is -2.34. The summed E-state index contributed by atoms with van der Waals surface area (Å²) in [7, 11) is 0. The van der Waals surface area contributed by atoms with Crippen molar-refractivity contribution in [1.82, 2.24) is 24.8 Å². The molecule has 0 spiro atoms. The summed E-state index contributed by atoms with van der Waals surface area (Å²) in [6.45, 7) is 8.74. The number of hydrogen-bond acceptors (Lipinski definition) is 4. The third-order valence-corrected chi connectivity index (χ3v) is 5.43. The Bertz CT molecular complexity index is 977. The molecule has 1 aromatic carbocycles. The van der Waals surface area contributed by atoms with Crippen molar-refractivity contribution < 1.29 is 4.79 Å². The summed E-state index contributed by atoms with van der Waals surface area (Å²) in [5, 5.41) is 9.09. The molecule has 3 heterocycles. The zero-order valence-electron chi connectivity index (χ0n) is 15.6. The number of aryl methyl sites for hydroxylation is 2. The Morgan fingerprint density at radius 2 is 2.12 bits per heavy atom. The van der Waals surface area contributed by atoms with Gasteiger partial charge in [0.25, 0.3) is 0 Å². The van der Waals surface area contributed by atoms with E-state index in [4.69, 9.17) is 10.1 Å². The van der Waals surface area contributed by atoms with Crippen LogP contribution in [0.2, 0.25) is 0 Å². The predicted molar refractivity (Wildman–Crippen MR) is 102 cm³/mol. The lowest BCUT2D eigenvalue weighted by Crippen LogP contribution is -2.52. The van der Waals surface area contributed by atoms with Crippen molar-refractivity contribution in [2.24, 2.45) is 0 Å². The minimum Gasteiger partial charge on any atom is -0.337 e. The van der Waals surface area contributed by atoms with Gasteiger partial charge in [-0.15, -0.1) is 0 Å². The largest absolute Gasteiger partial charge is 0.337 e. The molecule has 1 amide bonds. The predicted octanol–water partition coefficient (Wildman–Crippen LogP) is 2.25. The molecular weight excluding hydrogens is 326 g/mol. The quantitative estimate of drug-likeness (QED) is 0.786. The van der Waals surface area contributed by atoms with Gasteiger partial charge in [0.15, 0.2) is 5.65 Å². The molecule has 1 fully saturated rings. The number of fused-ring (bicyclic) bond motifs is 3. The average Bonchev–Trinajstić information content (AvgIpc) is 3.01. The molecule has 0 aliphatic carbocycles. The molecule has 0 unspecified atom stereocenters. The Balaban J connectivity index is 1.62. The van der Waals surface area contributed by atoms with Crippen molar-refractivity contribution in [1.29, 1.82) is 0 Å². The molecule has 6 nitrogen and oxygen atoms in total. The van der Waals surface area contributed by atoms with Gasteiger partial charge in [-0.3, -0.25) is 4.79 Å². The zero-order valence-corrected chi connectivity index (χ0v) is 15.6. The summed E-state index contributed by atoms with van der Waals surface area (Å²) in [4.78, 5) is 19.5. The second-order valence-corrected chi connectivity index (χ2v) is 7.15. The topological polar surface area (TPSA) is 62.5 Å². The van der Waals surface area contributed by atoms with Crippen LogP contribution in [0.5, 0.6) is 0 Å². The normalized spacial score (nSPS) is 18.0. The fourth-order valence-electron chi connectivity index (χ4n) is 3.93. The minimum absolute atomic E-state index is 0.225. The van der Waals surface area contributed by atoms with Crippen LogP contribution in [0.4, 0.5) is 0 Å². The Hall–Kier alpha value is -2.47. The Kier molecular flexibility index (Phi) is 4.36. The van der Waals surface area contributed by atoms with Gasteiger partial charge < -0.3 is 10.2 Å². The van der Waals surface area contributed by atoms with Gasteiger partial charge in [0.1, 0.15) is 0 Å². The summed E-state index contributed by atoms with van der Waals surface area (Å²) in [6.07, 6.45) is 1.21. The van der Waals surface area contributed by atoms with E-state index in [2.05, 4.69) is 25.2 Å². The molecule has 0 saturated carbocycles. The van der Waals surface area contributed by atoms with Crippen LogP contribution in [0.25, 0.3) is 16.6 Å². The molecule has 1 saturated heterocycles. The van der Waals surface area contributed by atoms with Crippen LogP contribution in [-0.4, -0.2) is 51.1 Å². The van der Waals surface area contributed by atoms with E-state index in [0.717, 1.165) is 53.1 Å². The second kappa shape index (κ2) is 6.68. The smallest absolute Gasteiger partial charge is 0.223 e. The highest BCUT2D eigenvalue weighted by molar-refractivity contribution is 5.92. The molecule has 26 heavy (non-hydrogen) atoms. The van der Waals surface area contributed by atoms with Crippen molar-refractivity contribution in [3.8, 4) is 0 Å². The number of nitrogens with zero attached hydrogens (tertiary/aromatic N) is 4. The Morgan fingerprint density at radius 1 is 1.31 bits per heavy atom. The molecule has 1 aliphatic rings. The third-order valence-electron chi connectivity index (χ3n) is 5.43. The van der Waals surface area contributed by atoms with Gasteiger partial charge in [0.05, 0.1) is 5.52 Å². The van der Waals surface area contributed by atoms with Crippen LogP contribution in [0, 0.1) is 13.8 Å². The van der Waals surface area contributed by atoms with Crippen LogP contribution < -0.4 is 5.32 Å². The highest BCUT2D eigenvalue weighted by Gasteiger charge is 2.23. The zero-order chi connectivity index (χ0) is 18.3. The van der Waals surface area contributed by atoms with E-state index in [1.807, 2.05) is 34.5 Å². The van der Waals surface area contributed by atoms with Gasteiger partial charge in [-0.25, -0.2) is 9.50 Å². The molecule has 1 N–H and O–H groups in total. The van der Waals surface area contributed by atoms with Crippen LogP contribution in [-0.2, 0) is 11.2 Å². The Labute approximate surface area is 153 Å². The maximum Gasteiger partial charge on any atom is 0.223 e. The summed E-state index contributed by atoms with van der Waals surface area (Å²) >= 11 is 0. The van der Waals surface area contributed by atoms with E-state index < -0.39 is 0 Å². The van der Waals surface area contributed by atoms with Crippen molar-refractivity contribution in [2.75, 3.05) is 19.6 Å². The number of rotatable bonds is 3. The number of carbonyl (C=O) groups excluding carboxylic acids is 1. The second-order valence-electron chi connectivity index (χ2n) is 7.15. The first-order chi connectivity index (χ1) is 12.6. The van der Waals surface area contributed by atoms with E-state index in [0.29, 0.717) is 12.8 Å². The SMILES string of the molecule is Cc1nc2c3ccccc3nn2c(C)c1CCC(=O)N1CCNC[C@@H]1C. The maximum atomic E-state index is 12.7. The number of aromatic nitrogens is 3. The van der Waals surface area contributed by atoms with Crippen LogP contribution in [0.1, 0.15) is 30.3 Å². The lowest BCUT2D eigenvalue weighted by atomic mass is 10.0. The summed E-state index contributed by atoms with van der Waals surface area (Å²) in [6, 6.07) is 8.32. The first kappa shape index (κ1) is 17.0. The van der Waals surface area contributed by atoms with Crippen LogP contribution in [0.3, 0.4) is 0 Å². The van der Waals surface area contributed by atoms with E-state index >= 15 is 0 Å². The van der Waals surface area contributed by atoms with Crippen LogP contribution >= 0.6 is 0 Å². The highest BCUT2D eigenvalue weighted by atomic mass is 16.2. The Morgan fingerprint density at radius 3 is 2.92 bits per heavy atom. The first-order valence-electron chi connectivity index (χ1n) is 9.30. The van der Waals surface area contributed by atoms with Gasteiger partial charge in [0, 0.05) is 48.9 Å². The molecule has 6 heteroatoms. The first-order valence-corrected chi connectivity index (χ1v) is 9.30. The van der Waals surface area contributed by atoms with Crippen molar-refractivity contribution in [3.63, 3.8) is 0 Å². The van der Waals surface area contributed by atoms with E-state index in [-0.39, 0.29) is 11.9 Å². The molecule has 1 aliphatic heterocycles. The van der Waals surface area contributed by atoms with Gasteiger partial charge >= 0.3 is 0 Å². The number of nitrogens with one attached hydrogen (secondary N) is 1. The standard InChI is InChI=1S/C20H25N5O/c1-13-12-21-10-11-24(13)19(26)9-8-16-14(2)22-20-17-6-4-5-7-18(17)23-25(20)15(16)3/h4-7,13,21H,8-12H2,1-3H3/t13-/m0/s1. The summed E-state index contributed by atoms with van der Waals surface area (Å²) < 4.78 is 1.92. The summed E-state index contributed by atoms with van der Waals surface area (Å²) in [5.41, 5.74) is 5.03. The van der Waals surface area contributed by atoms with Gasteiger partial charge in [-0.1, -0.05) is 12.1 Å². The molecule has 2 aromatic heterocycles. The fraction of sp³-hybridized carbons (Fsp3) is 0.450. The third kappa shape index (κ3) is 2.84. The van der Waals surface area contributed by atoms with E-state index in [1.165, 1.54) is 0 Å². The van der Waals surface area contributed by atoms with Crippen molar-refractivity contribution in [2.45, 2.75) is 39.7 Å². The van der Waals surface area contributed by atoms with Crippen molar-refractivity contribution >= 4 is 22.5 Å². The number of carbonyl (C=O) groups is 1. The van der Waals surface area contributed by atoms with E-state index in [1.54, 1.807) is 0 Å². The number of benzene rings is 1. The van der Waals surface area contributed by atoms with Crippen LogP contribution in [0.15, 0.2) is 24.3 Å². The van der Waals surface area contributed by atoms with E-state index in [9.17, 15) is 4.79 Å². The maximum absolute atomic E-state index is 12.7. The lowest BCUT2D eigenvalue weighted by molar-refractivity contribution is -0.133. The van der Waals surface area contributed by atoms with Gasteiger partial charge in [-0.05, 0) is 44.9 Å². The molecule has 0 radical (unpaired) electrons. The molecule has 4 rings (SSSR count). The molecule has 136 valence electrons. The molecule has 1 atom stereocenters. The number of hydrogen-bond donors (Lipinski definition) is 1. The van der Waals surface area contributed by atoms with Gasteiger partial charge in [-0.2, -0.15) is 5.10 Å². The number of amides is 1. The van der Waals surface area contributed by atoms with Crippen molar-refractivity contribution in [3.05, 3.63) is 41.2 Å². The van der Waals surface area contributed by atoms with Gasteiger partial charge in [0.2, 0.25) is 5.91 Å². The molecule has 3 aromatic rings. The molecule has 0 bridgehead atoms. The summed E-state index contributed by atoms with van der Waals surface area (Å²) in [5.74, 6) is 0.225. The average molecular weight is 351 g/mol. The highest BCUT2D eigenvalue weighted by Crippen LogP contribution is 2.23. The molecular formula is C20H25N5O. The monoisotopic (exact) mass is 351 g/mol. The number of piperazine rings is 1. The minimum atomic E-state index is 0.225. The fourth-order valence-corrected chi connectivity index (χ4v) is 3.93.